The van der Waals surface area contributed by atoms with Crippen LogP contribution >= 0.6 is 0 Å². The smallest absolute Gasteiger partial charge is 0.272 e. The summed E-state index contributed by atoms with van der Waals surface area (Å²) in [4.78, 5) is 14.6. The molecule has 0 saturated carbocycles. The van der Waals surface area contributed by atoms with Crippen LogP contribution in [0.3, 0.4) is 0 Å². The molecule has 1 heterocycles. The Hall–Kier alpha value is -3.02. The largest absolute Gasteiger partial charge is 0.489 e. The van der Waals surface area contributed by atoms with Gasteiger partial charge >= 0.3 is 0 Å². The topological polar surface area (TPSA) is 65.3 Å². The fraction of sp³-hybridized carbons (Fsp3) is 0.118. The zero-order chi connectivity index (χ0) is 16.4. The van der Waals surface area contributed by atoms with E-state index in [1.807, 2.05) is 0 Å². The minimum Gasteiger partial charge on any atom is -0.489 e. The SMILES string of the molecule is Cc1cc(OCc2cc(F)cc3cccnc23)ccc1[N+](=O)[O-]. The number of nitro groups is 1. The van der Waals surface area contributed by atoms with Crippen molar-refractivity contribution in [3.63, 3.8) is 0 Å². The molecule has 0 aliphatic heterocycles. The standard InChI is InChI=1S/C17H13FN2O3/c1-11-7-15(4-5-16(11)20(21)22)23-10-13-9-14(18)8-12-3-2-6-19-17(12)13/h2-9H,10H2,1H3. The van der Waals surface area contributed by atoms with Gasteiger partial charge in [-0.3, -0.25) is 15.1 Å². The van der Waals surface area contributed by atoms with Gasteiger partial charge in [0.2, 0.25) is 0 Å². The van der Waals surface area contributed by atoms with E-state index in [9.17, 15) is 14.5 Å². The number of fused-ring (bicyclic) bond motifs is 1. The van der Waals surface area contributed by atoms with Gasteiger partial charge in [-0.15, -0.1) is 0 Å². The van der Waals surface area contributed by atoms with E-state index >= 15 is 0 Å². The first kappa shape index (κ1) is 14.9. The summed E-state index contributed by atoms with van der Waals surface area (Å²) in [5.41, 5.74) is 1.84. The molecule has 23 heavy (non-hydrogen) atoms. The van der Waals surface area contributed by atoms with Crippen molar-refractivity contribution in [3.8, 4) is 5.75 Å². The van der Waals surface area contributed by atoms with Gasteiger partial charge in [-0.25, -0.2) is 4.39 Å². The Morgan fingerprint density at radius 1 is 1.26 bits per heavy atom. The number of aryl methyl sites for hydroxylation is 1. The number of aromatic nitrogens is 1. The fourth-order valence-electron chi connectivity index (χ4n) is 2.42. The molecule has 5 nitrogen and oxygen atoms in total. The number of nitro benzene ring substituents is 1. The highest BCUT2D eigenvalue weighted by atomic mass is 19.1. The highest BCUT2D eigenvalue weighted by Crippen LogP contribution is 2.25. The van der Waals surface area contributed by atoms with E-state index in [-0.39, 0.29) is 18.1 Å². The van der Waals surface area contributed by atoms with Crippen molar-refractivity contribution in [1.29, 1.82) is 0 Å². The molecule has 0 saturated heterocycles. The van der Waals surface area contributed by atoms with E-state index in [1.165, 1.54) is 24.3 Å². The summed E-state index contributed by atoms with van der Waals surface area (Å²) in [6.45, 7) is 1.77. The van der Waals surface area contributed by atoms with Crippen molar-refractivity contribution >= 4 is 16.6 Å². The Labute approximate surface area is 131 Å². The second-order valence-corrected chi connectivity index (χ2v) is 5.13. The number of rotatable bonds is 4. The summed E-state index contributed by atoms with van der Waals surface area (Å²) in [5, 5.41) is 11.5. The molecule has 0 bridgehead atoms. The number of hydrogen-bond donors (Lipinski definition) is 0. The number of halogens is 1. The van der Waals surface area contributed by atoms with Crippen LogP contribution in [0.5, 0.6) is 5.75 Å². The molecule has 0 fully saturated rings. The molecule has 2 aromatic carbocycles. The Morgan fingerprint density at radius 2 is 2.09 bits per heavy atom. The number of ether oxygens (including phenoxy) is 1. The van der Waals surface area contributed by atoms with Gasteiger partial charge in [0.25, 0.3) is 5.69 Å². The third kappa shape index (κ3) is 3.11. The van der Waals surface area contributed by atoms with Gasteiger partial charge < -0.3 is 4.74 Å². The van der Waals surface area contributed by atoms with Crippen molar-refractivity contribution in [1.82, 2.24) is 4.98 Å². The maximum absolute atomic E-state index is 13.7. The Balaban J connectivity index is 1.86. The second kappa shape index (κ2) is 6.00. The highest BCUT2D eigenvalue weighted by molar-refractivity contribution is 5.81. The van der Waals surface area contributed by atoms with Gasteiger partial charge in [-0.2, -0.15) is 0 Å². The lowest BCUT2D eigenvalue weighted by atomic mass is 10.1. The molecule has 1 aromatic heterocycles. The predicted molar refractivity (Wildman–Crippen MR) is 83.9 cm³/mol. The quantitative estimate of drug-likeness (QED) is 0.535. The molecule has 3 rings (SSSR count). The first-order valence-electron chi connectivity index (χ1n) is 6.95. The summed E-state index contributed by atoms with van der Waals surface area (Å²) >= 11 is 0. The fourth-order valence-corrected chi connectivity index (χ4v) is 2.42. The molecule has 0 unspecified atom stereocenters. The van der Waals surface area contributed by atoms with Gasteiger partial charge in [-0.05, 0) is 37.3 Å². The van der Waals surface area contributed by atoms with Gasteiger partial charge in [0.15, 0.2) is 0 Å². The van der Waals surface area contributed by atoms with Crippen LogP contribution < -0.4 is 4.74 Å². The zero-order valence-electron chi connectivity index (χ0n) is 12.3. The normalized spacial score (nSPS) is 10.7. The average Bonchev–Trinajstić information content (AvgIpc) is 2.52. The third-order valence-corrected chi connectivity index (χ3v) is 3.51. The van der Waals surface area contributed by atoms with Crippen molar-refractivity contribution in [2.45, 2.75) is 13.5 Å². The highest BCUT2D eigenvalue weighted by Gasteiger charge is 2.11. The van der Waals surface area contributed by atoms with Crippen molar-refractivity contribution < 1.29 is 14.1 Å². The van der Waals surface area contributed by atoms with Crippen molar-refractivity contribution in [2.75, 3.05) is 0 Å². The molecule has 0 aliphatic carbocycles. The average molecular weight is 312 g/mol. The number of pyridine rings is 1. The van der Waals surface area contributed by atoms with E-state index in [1.54, 1.807) is 31.3 Å². The third-order valence-electron chi connectivity index (χ3n) is 3.51. The minimum absolute atomic E-state index is 0.0372. The van der Waals surface area contributed by atoms with Crippen LogP contribution in [-0.4, -0.2) is 9.91 Å². The number of hydrogen-bond acceptors (Lipinski definition) is 4. The van der Waals surface area contributed by atoms with Crippen LogP contribution in [0.15, 0.2) is 48.7 Å². The van der Waals surface area contributed by atoms with Gasteiger partial charge in [-0.1, -0.05) is 6.07 Å². The van der Waals surface area contributed by atoms with Crippen LogP contribution in [0, 0.1) is 22.9 Å². The number of nitrogens with zero attached hydrogens (tertiary/aromatic N) is 2. The van der Waals surface area contributed by atoms with Crippen molar-refractivity contribution in [2.24, 2.45) is 0 Å². The van der Waals surface area contributed by atoms with Crippen LogP contribution in [-0.2, 0) is 6.61 Å². The first-order valence-corrected chi connectivity index (χ1v) is 6.95. The number of benzene rings is 2. The maximum atomic E-state index is 13.7. The predicted octanol–water partition coefficient (Wildman–Crippen LogP) is 4.17. The summed E-state index contributed by atoms with van der Waals surface area (Å²) < 4.78 is 19.3. The molecule has 6 heteroatoms. The van der Waals surface area contributed by atoms with Crippen LogP contribution in [0.4, 0.5) is 10.1 Å². The monoisotopic (exact) mass is 312 g/mol. The summed E-state index contributed by atoms with van der Waals surface area (Å²) in [7, 11) is 0. The molecule has 0 atom stereocenters. The molecule has 3 aromatic rings. The molecule has 0 amide bonds. The summed E-state index contributed by atoms with van der Waals surface area (Å²) in [6, 6.07) is 10.8. The van der Waals surface area contributed by atoms with E-state index in [0.717, 1.165) is 0 Å². The second-order valence-electron chi connectivity index (χ2n) is 5.13. The van der Waals surface area contributed by atoms with Gasteiger partial charge in [0.1, 0.15) is 18.2 Å². The molecular formula is C17H13FN2O3. The van der Waals surface area contributed by atoms with E-state index in [2.05, 4.69) is 4.98 Å². The minimum atomic E-state index is -0.441. The lowest BCUT2D eigenvalue weighted by Crippen LogP contribution is -1.99. The Kier molecular flexibility index (Phi) is 3.89. The van der Waals surface area contributed by atoms with E-state index in [4.69, 9.17) is 4.74 Å². The molecule has 116 valence electrons. The van der Waals surface area contributed by atoms with Gasteiger partial charge in [0, 0.05) is 28.8 Å². The van der Waals surface area contributed by atoms with Crippen molar-refractivity contribution in [3.05, 3.63) is 75.7 Å². The van der Waals surface area contributed by atoms with Crippen LogP contribution in [0.25, 0.3) is 10.9 Å². The van der Waals surface area contributed by atoms with Crippen LogP contribution in [0.2, 0.25) is 0 Å². The molecule has 0 aliphatic rings. The van der Waals surface area contributed by atoms with E-state index < -0.39 is 4.92 Å². The zero-order valence-corrected chi connectivity index (χ0v) is 12.3. The molecule has 0 N–H and O–H groups in total. The van der Waals surface area contributed by atoms with Crippen LogP contribution in [0.1, 0.15) is 11.1 Å². The molecule has 0 radical (unpaired) electrons. The summed E-state index contributed by atoms with van der Waals surface area (Å²) in [6.07, 6.45) is 1.64. The lowest BCUT2D eigenvalue weighted by molar-refractivity contribution is -0.385. The van der Waals surface area contributed by atoms with E-state index in [0.29, 0.717) is 27.8 Å². The lowest BCUT2D eigenvalue weighted by Gasteiger charge is -2.09. The summed E-state index contributed by atoms with van der Waals surface area (Å²) in [5.74, 6) is 0.130. The Morgan fingerprint density at radius 3 is 2.83 bits per heavy atom. The molecule has 0 spiro atoms. The van der Waals surface area contributed by atoms with Gasteiger partial charge in [0.05, 0.1) is 10.4 Å². The Bertz CT molecular complexity index is 896. The first-order chi connectivity index (χ1) is 11.0. The molecular weight excluding hydrogens is 299 g/mol. The maximum Gasteiger partial charge on any atom is 0.272 e.